The van der Waals surface area contributed by atoms with Crippen LogP contribution in [0.2, 0.25) is 0 Å². The molecule has 1 amide bonds. The fourth-order valence-electron chi connectivity index (χ4n) is 3.85. The van der Waals surface area contributed by atoms with Crippen molar-refractivity contribution in [3.8, 4) is 0 Å². The molecule has 1 heterocycles. The lowest BCUT2D eigenvalue weighted by molar-refractivity contribution is -0.115. The minimum atomic E-state index is -0.0156. The smallest absolute Gasteiger partial charge is 0.238 e. The van der Waals surface area contributed by atoms with Gasteiger partial charge in [-0.25, -0.2) is 0 Å². The van der Waals surface area contributed by atoms with Crippen molar-refractivity contribution in [3.05, 3.63) is 47.3 Å². The molecule has 0 spiro atoms. The lowest BCUT2D eigenvalue weighted by atomic mass is 9.91. The standard InChI is InChI=1S/C20H28N4O/c1-14-19(15(2)24(3)23-14)22-18(25)13-21-20(17-11-7-8-12-17)16-9-5-4-6-10-16/h4-6,9-10,17,20-21H,7-8,11-13H2,1-3H3,(H,22,25)/t20-/m0/s1. The summed E-state index contributed by atoms with van der Waals surface area (Å²) in [5.74, 6) is 0.593. The lowest BCUT2D eigenvalue weighted by Gasteiger charge is -2.25. The molecular formula is C20H28N4O. The highest BCUT2D eigenvalue weighted by Crippen LogP contribution is 2.35. The maximum absolute atomic E-state index is 12.5. The molecule has 134 valence electrons. The fourth-order valence-corrected chi connectivity index (χ4v) is 3.85. The minimum Gasteiger partial charge on any atom is -0.322 e. The molecule has 25 heavy (non-hydrogen) atoms. The first-order chi connectivity index (χ1) is 12.1. The molecule has 2 N–H and O–H groups in total. The first-order valence-electron chi connectivity index (χ1n) is 9.14. The minimum absolute atomic E-state index is 0.0156. The van der Waals surface area contributed by atoms with Gasteiger partial charge in [-0.2, -0.15) is 5.10 Å². The summed E-state index contributed by atoms with van der Waals surface area (Å²) in [6.07, 6.45) is 5.04. The van der Waals surface area contributed by atoms with E-state index >= 15 is 0 Å². The second-order valence-corrected chi connectivity index (χ2v) is 7.03. The number of nitrogens with zero attached hydrogens (tertiary/aromatic N) is 2. The number of hydrogen-bond donors (Lipinski definition) is 2. The van der Waals surface area contributed by atoms with E-state index in [1.165, 1.54) is 31.2 Å². The molecule has 1 aliphatic carbocycles. The van der Waals surface area contributed by atoms with Crippen molar-refractivity contribution in [3.63, 3.8) is 0 Å². The summed E-state index contributed by atoms with van der Waals surface area (Å²) in [6, 6.07) is 10.7. The molecule has 1 atom stereocenters. The SMILES string of the molecule is Cc1nn(C)c(C)c1NC(=O)CN[C@@H](c1ccccc1)C1CCCC1. The highest BCUT2D eigenvalue weighted by molar-refractivity contribution is 5.93. The van der Waals surface area contributed by atoms with Gasteiger partial charge in [0.05, 0.1) is 23.6 Å². The average Bonchev–Trinajstić information content (AvgIpc) is 3.21. The normalized spacial score (nSPS) is 16.1. The molecule has 0 unspecified atom stereocenters. The number of anilines is 1. The average molecular weight is 340 g/mol. The third-order valence-corrected chi connectivity index (χ3v) is 5.29. The first-order valence-corrected chi connectivity index (χ1v) is 9.14. The molecule has 3 rings (SSSR count). The Labute approximate surface area is 149 Å². The van der Waals surface area contributed by atoms with Crippen molar-refractivity contribution in [2.24, 2.45) is 13.0 Å². The molecule has 1 fully saturated rings. The van der Waals surface area contributed by atoms with E-state index in [0.717, 1.165) is 17.1 Å². The van der Waals surface area contributed by atoms with Crippen LogP contribution in [0, 0.1) is 19.8 Å². The second-order valence-electron chi connectivity index (χ2n) is 7.03. The molecule has 5 heteroatoms. The predicted molar refractivity (Wildman–Crippen MR) is 100 cm³/mol. The van der Waals surface area contributed by atoms with Gasteiger partial charge in [0.25, 0.3) is 0 Å². The Hall–Kier alpha value is -2.14. The van der Waals surface area contributed by atoms with E-state index < -0.39 is 0 Å². The van der Waals surface area contributed by atoms with E-state index in [4.69, 9.17) is 0 Å². The van der Waals surface area contributed by atoms with E-state index in [2.05, 4.69) is 40.0 Å². The Morgan fingerprint density at radius 2 is 1.92 bits per heavy atom. The first kappa shape index (κ1) is 17.7. The van der Waals surface area contributed by atoms with E-state index in [1.54, 1.807) is 4.68 Å². The number of hydrogen-bond acceptors (Lipinski definition) is 3. The molecule has 2 aromatic rings. The molecule has 1 saturated carbocycles. The van der Waals surface area contributed by atoms with Crippen LogP contribution in [0.1, 0.15) is 48.7 Å². The molecule has 5 nitrogen and oxygen atoms in total. The fraction of sp³-hybridized carbons (Fsp3) is 0.500. The zero-order chi connectivity index (χ0) is 17.8. The second kappa shape index (κ2) is 7.83. The summed E-state index contributed by atoms with van der Waals surface area (Å²) in [5, 5.41) is 10.9. The van der Waals surface area contributed by atoms with Crippen LogP contribution >= 0.6 is 0 Å². The number of rotatable bonds is 6. The van der Waals surface area contributed by atoms with Crippen molar-refractivity contribution < 1.29 is 4.79 Å². The van der Waals surface area contributed by atoms with E-state index in [9.17, 15) is 4.79 Å². The van der Waals surface area contributed by atoms with Crippen molar-refractivity contribution in [1.29, 1.82) is 0 Å². The summed E-state index contributed by atoms with van der Waals surface area (Å²) < 4.78 is 1.80. The van der Waals surface area contributed by atoms with Crippen LogP contribution in [0.3, 0.4) is 0 Å². The largest absolute Gasteiger partial charge is 0.322 e. The van der Waals surface area contributed by atoms with Gasteiger partial charge in [0.15, 0.2) is 0 Å². The predicted octanol–water partition coefficient (Wildman–Crippen LogP) is 3.50. The van der Waals surface area contributed by atoms with Gasteiger partial charge in [-0.15, -0.1) is 0 Å². The lowest BCUT2D eigenvalue weighted by Crippen LogP contribution is -2.34. The van der Waals surface area contributed by atoms with E-state index in [0.29, 0.717) is 12.5 Å². The van der Waals surface area contributed by atoms with Crippen LogP contribution in [-0.4, -0.2) is 22.2 Å². The maximum atomic E-state index is 12.5. The maximum Gasteiger partial charge on any atom is 0.238 e. The Morgan fingerprint density at radius 3 is 2.52 bits per heavy atom. The van der Waals surface area contributed by atoms with Crippen LogP contribution < -0.4 is 10.6 Å². The van der Waals surface area contributed by atoms with Crippen molar-refractivity contribution in [2.45, 2.75) is 45.6 Å². The highest BCUT2D eigenvalue weighted by Gasteiger charge is 2.26. The van der Waals surface area contributed by atoms with Gasteiger partial charge in [0.2, 0.25) is 5.91 Å². The Balaban J connectivity index is 1.65. The summed E-state index contributed by atoms with van der Waals surface area (Å²) in [6.45, 7) is 4.19. The Bertz CT molecular complexity index is 717. The van der Waals surface area contributed by atoms with Crippen LogP contribution in [-0.2, 0) is 11.8 Å². The molecular weight excluding hydrogens is 312 g/mol. The molecule has 0 aliphatic heterocycles. The van der Waals surface area contributed by atoms with Crippen LogP contribution in [0.4, 0.5) is 5.69 Å². The van der Waals surface area contributed by atoms with Gasteiger partial charge in [-0.1, -0.05) is 43.2 Å². The molecule has 0 bridgehead atoms. The zero-order valence-electron chi connectivity index (χ0n) is 15.4. The molecule has 1 aliphatic rings. The van der Waals surface area contributed by atoms with Crippen molar-refractivity contribution in [1.82, 2.24) is 15.1 Å². The molecule has 0 saturated heterocycles. The molecule has 1 aromatic heterocycles. The Kier molecular flexibility index (Phi) is 5.53. The van der Waals surface area contributed by atoms with Gasteiger partial charge < -0.3 is 10.6 Å². The number of benzene rings is 1. The molecule has 0 radical (unpaired) electrons. The third-order valence-electron chi connectivity index (χ3n) is 5.29. The van der Waals surface area contributed by atoms with Crippen molar-refractivity contribution >= 4 is 11.6 Å². The third kappa shape index (κ3) is 4.10. The summed E-state index contributed by atoms with van der Waals surface area (Å²) in [5.41, 5.74) is 3.92. The number of carbonyl (C=O) groups is 1. The number of nitrogens with one attached hydrogen (secondary N) is 2. The van der Waals surface area contributed by atoms with Gasteiger partial charge >= 0.3 is 0 Å². The van der Waals surface area contributed by atoms with Gasteiger partial charge in [-0.05, 0) is 38.2 Å². The number of carbonyl (C=O) groups excluding carboxylic acids is 1. The summed E-state index contributed by atoms with van der Waals surface area (Å²) in [7, 11) is 1.89. The van der Waals surface area contributed by atoms with Crippen LogP contribution in [0.15, 0.2) is 30.3 Å². The van der Waals surface area contributed by atoms with Crippen LogP contribution in [0.5, 0.6) is 0 Å². The number of aromatic nitrogens is 2. The highest BCUT2D eigenvalue weighted by atomic mass is 16.1. The number of aryl methyl sites for hydroxylation is 2. The van der Waals surface area contributed by atoms with Gasteiger partial charge in [-0.3, -0.25) is 9.48 Å². The molecule has 1 aromatic carbocycles. The van der Waals surface area contributed by atoms with Crippen molar-refractivity contribution in [2.75, 3.05) is 11.9 Å². The topological polar surface area (TPSA) is 59.0 Å². The van der Waals surface area contributed by atoms with Gasteiger partial charge in [0.1, 0.15) is 0 Å². The monoisotopic (exact) mass is 340 g/mol. The quantitative estimate of drug-likeness (QED) is 0.846. The van der Waals surface area contributed by atoms with Crippen LogP contribution in [0.25, 0.3) is 0 Å². The van der Waals surface area contributed by atoms with E-state index in [1.807, 2.05) is 27.0 Å². The summed E-state index contributed by atoms with van der Waals surface area (Å²) >= 11 is 0. The van der Waals surface area contributed by atoms with E-state index in [-0.39, 0.29) is 11.9 Å². The zero-order valence-corrected chi connectivity index (χ0v) is 15.4. The van der Waals surface area contributed by atoms with Gasteiger partial charge in [0, 0.05) is 13.1 Å². The summed E-state index contributed by atoms with van der Waals surface area (Å²) in [4.78, 5) is 12.5. The number of amides is 1. The Morgan fingerprint density at radius 1 is 1.24 bits per heavy atom.